The van der Waals surface area contributed by atoms with Crippen LogP contribution in [0.3, 0.4) is 0 Å². The van der Waals surface area contributed by atoms with E-state index in [4.69, 9.17) is 18.9 Å². The van der Waals surface area contributed by atoms with Crippen LogP contribution in [-0.4, -0.2) is 78.8 Å². The van der Waals surface area contributed by atoms with Crippen LogP contribution in [0.5, 0.6) is 11.5 Å². The summed E-state index contributed by atoms with van der Waals surface area (Å²) in [4.78, 5) is 36.0. The van der Waals surface area contributed by atoms with Gasteiger partial charge in [0, 0.05) is 38.2 Å². The lowest BCUT2D eigenvalue weighted by molar-refractivity contribution is -0.385. The van der Waals surface area contributed by atoms with Crippen LogP contribution in [0.4, 0.5) is 23.7 Å². The van der Waals surface area contributed by atoms with Crippen LogP contribution >= 0.6 is 0 Å². The molecule has 0 radical (unpaired) electrons. The highest BCUT2D eigenvalue weighted by atomic mass is 19.4. The number of alkyl halides is 3. The number of nitro groups is 1. The van der Waals surface area contributed by atoms with Crippen LogP contribution in [0, 0.1) is 17.0 Å². The van der Waals surface area contributed by atoms with E-state index >= 15 is 0 Å². The van der Waals surface area contributed by atoms with E-state index in [0.717, 1.165) is 11.6 Å². The van der Waals surface area contributed by atoms with Crippen LogP contribution < -0.4 is 9.47 Å². The third-order valence-corrected chi connectivity index (χ3v) is 5.71. The van der Waals surface area contributed by atoms with Gasteiger partial charge in [-0.1, -0.05) is 12.1 Å². The predicted octanol–water partition coefficient (Wildman–Crippen LogP) is 5.17. The molecule has 0 spiro atoms. The normalized spacial score (nSPS) is 12.0. The van der Waals surface area contributed by atoms with Gasteiger partial charge in [0.2, 0.25) is 0 Å². The Labute approximate surface area is 234 Å². The van der Waals surface area contributed by atoms with Gasteiger partial charge in [-0.25, -0.2) is 9.59 Å². The van der Waals surface area contributed by atoms with Crippen molar-refractivity contribution in [2.45, 2.75) is 45.4 Å². The average molecular weight is 587 g/mol. The van der Waals surface area contributed by atoms with Crippen molar-refractivity contribution >= 4 is 17.7 Å². The van der Waals surface area contributed by atoms with Gasteiger partial charge in [0.25, 0.3) is 5.69 Å². The molecule has 0 aliphatic carbocycles. The number of halogens is 3. The van der Waals surface area contributed by atoms with E-state index in [0.29, 0.717) is 11.3 Å². The number of ether oxygens (including phenoxy) is 4. The molecule has 0 aliphatic heterocycles. The largest absolute Gasteiger partial charge is 0.492 e. The first-order valence-corrected chi connectivity index (χ1v) is 12.8. The number of hydrogen-bond acceptors (Lipinski definition) is 8. The first-order chi connectivity index (χ1) is 19.4. The number of carbonyl (C=O) groups excluding carboxylic acids is 1. The lowest BCUT2D eigenvalue weighted by Crippen LogP contribution is -2.39. The molecule has 2 rings (SSSR count). The Morgan fingerprint density at radius 2 is 1.71 bits per heavy atom. The topological polar surface area (TPSA) is 138 Å². The summed E-state index contributed by atoms with van der Waals surface area (Å²) < 4.78 is 58.4. The van der Waals surface area contributed by atoms with Crippen LogP contribution in [0.2, 0.25) is 0 Å². The van der Waals surface area contributed by atoms with E-state index in [2.05, 4.69) is 0 Å². The second-order valence-electron chi connectivity index (χ2n) is 8.87. The van der Waals surface area contributed by atoms with E-state index in [1.807, 2.05) is 0 Å². The van der Waals surface area contributed by atoms with Gasteiger partial charge in [-0.05, 0) is 50.1 Å². The zero-order valence-corrected chi connectivity index (χ0v) is 22.7. The lowest BCUT2D eigenvalue weighted by Gasteiger charge is -2.22. The molecule has 0 saturated carbocycles. The Hall–Kier alpha value is -3.91. The fourth-order valence-electron chi connectivity index (χ4n) is 3.59. The first kappa shape index (κ1) is 33.3. The molecular weight excluding hydrogens is 553 g/mol. The van der Waals surface area contributed by atoms with Gasteiger partial charge in [-0.15, -0.1) is 0 Å². The Kier molecular flexibility index (Phi) is 13.3. The van der Waals surface area contributed by atoms with Crippen molar-refractivity contribution < 1.29 is 51.7 Å². The number of aryl methyl sites for hydroxylation is 1. The van der Waals surface area contributed by atoms with Gasteiger partial charge in [0.15, 0.2) is 6.10 Å². The number of amides is 1. The smallest absolute Gasteiger partial charge is 0.415 e. The molecule has 0 bridgehead atoms. The van der Waals surface area contributed by atoms with E-state index in [1.54, 1.807) is 38.1 Å². The number of carbonyl (C=O) groups is 2. The number of nitrogens with zero attached hydrogens (tertiary/aromatic N) is 2. The van der Waals surface area contributed by atoms with Crippen molar-refractivity contribution in [3.8, 4) is 11.5 Å². The molecule has 1 amide bonds. The summed E-state index contributed by atoms with van der Waals surface area (Å²) in [6, 6.07) is 10.6. The van der Waals surface area contributed by atoms with Gasteiger partial charge >= 0.3 is 18.2 Å². The fourth-order valence-corrected chi connectivity index (χ4v) is 3.59. The molecule has 2 aromatic rings. The van der Waals surface area contributed by atoms with Crippen molar-refractivity contribution in [3.63, 3.8) is 0 Å². The summed E-state index contributed by atoms with van der Waals surface area (Å²) in [5, 5.41) is 20.4. The molecule has 0 heterocycles. The molecule has 14 heteroatoms. The molecule has 0 aromatic heterocycles. The van der Waals surface area contributed by atoms with E-state index in [-0.39, 0.29) is 63.8 Å². The van der Waals surface area contributed by atoms with Gasteiger partial charge in [-0.3, -0.25) is 10.1 Å². The van der Waals surface area contributed by atoms with Crippen molar-refractivity contribution in [2.24, 2.45) is 0 Å². The Bertz CT molecular complexity index is 1140. The minimum Gasteiger partial charge on any atom is -0.492 e. The van der Waals surface area contributed by atoms with Gasteiger partial charge < -0.3 is 29.0 Å². The maximum absolute atomic E-state index is 12.8. The predicted molar refractivity (Wildman–Crippen MR) is 140 cm³/mol. The van der Waals surface area contributed by atoms with Crippen molar-refractivity contribution in [1.82, 2.24) is 4.90 Å². The zero-order chi connectivity index (χ0) is 30.4. The first-order valence-electron chi connectivity index (χ1n) is 12.8. The van der Waals surface area contributed by atoms with Crippen LogP contribution in [0.15, 0.2) is 42.5 Å². The number of hydrogen-bond donors (Lipinski definition) is 1. The monoisotopic (exact) mass is 586 g/mol. The van der Waals surface area contributed by atoms with Crippen LogP contribution in [0.1, 0.15) is 30.9 Å². The Morgan fingerprint density at radius 3 is 2.32 bits per heavy atom. The van der Waals surface area contributed by atoms with E-state index in [9.17, 15) is 38.0 Å². The summed E-state index contributed by atoms with van der Waals surface area (Å²) >= 11 is 0. The molecule has 41 heavy (non-hydrogen) atoms. The molecule has 0 saturated heterocycles. The zero-order valence-electron chi connectivity index (χ0n) is 22.7. The molecular formula is C27H33F3N2O9. The minimum atomic E-state index is -4.29. The number of nitro benzene ring substituents is 1. The molecule has 2 aromatic carbocycles. The van der Waals surface area contributed by atoms with Crippen LogP contribution in [-0.2, 0) is 20.7 Å². The van der Waals surface area contributed by atoms with Gasteiger partial charge in [0.1, 0.15) is 18.1 Å². The highest BCUT2D eigenvalue weighted by molar-refractivity contribution is 5.72. The van der Waals surface area contributed by atoms with Gasteiger partial charge in [0.05, 0.1) is 24.1 Å². The van der Waals surface area contributed by atoms with Gasteiger partial charge in [-0.2, -0.15) is 13.2 Å². The number of carboxylic acids is 1. The Balaban J connectivity index is 1.98. The van der Waals surface area contributed by atoms with Crippen molar-refractivity contribution in [2.75, 3.05) is 39.5 Å². The summed E-state index contributed by atoms with van der Waals surface area (Å²) in [5.41, 5.74) is 0.880. The SMILES string of the molecule is CCOC(Cc1ccc(OCCN(CCOCCCC(F)(F)F)C(=O)Oc2ccc(C)c([N+](=O)[O-])c2)cc1)C(=O)O. The number of benzene rings is 2. The Morgan fingerprint density at radius 1 is 1.05 bits per heavy atom. The molecule has 1 unspecified atom stereocenters. The highest BCUT2D eigenvalue weighted by Crippen LogP contribution is 2.24. The minimum absolute atomic E-state index is 0.00583. The maximum atomic E-state index is 12.8. The average Bonchev–Trinajstić information content (AvgIpc) is 2.90. The quantitative estimate of drug-likeness (QED) is 0.151. The van der Waals surface area contributed by atoms with Crippen molar-refractivity contribution in [1.29, 1.82) is 0 Å². The second kappa shape index (κ2) is 16.4. The summed E-state index contributed by atoms with van der Waals surface area (Å²) in [6.45, 7) is 3.27. The molecule has 11 nitrogen and oxygen atoms in total. The van der Waals surface area contributed by atoms with E-state index < -0.39 is 35.7 Å². The second-order valence-corrected chi connectivity index (χ2v) is 8.87. The highest BCUT2D eigenvalue weighted by Gasteiger charge is 2.26. The molecule has 1 atom stereocenters. The van der Waals surface area contributed by atoms with E-state index in [1.165, 1.54) is 17.0 Å². The standard InChI is InChI=1S/C27H33F3N2O9/c1-3-39-24(25(33)34)17-20-6-9-21(10-7-20)40-16-13-31(12-15-38-14-4-11-27(28,29)30)26(35)41-22-8-5-19(2)23(18-22)32(36)37/h5-10,18,24H,3-4,11-17H2,1-2H3,(H,33,34). The third kappa shape index (κ3) is 12.4. The molecule has 0 fully saturated rings. The fraction of sp³-hybridized carbons (Fsp3) is 0.481. The molecule has 1 N–H and O–H groups in total. The molecule has 226 valence electrons. The lowest BCUT2D eigenvalue weighted by atomic mass is 10.1. The third-order valence-electron chi connectivity index (χ3n) is 5.71. The number of carboxylic acid groups (broad SMARTS) is 1. The van der Waals surface area contributed by atoms with Crippen LogP contribution in [0.25, 0.3) is 0 Å². The van der Waals surface area contributed by atoms with Crippen molar-refractivity contribution in [3.05, 3.63) is 63.7 Å². The summed E-state index contributed by atoms with van der Waals surface area (Å²) in [7, 11) is 0. The molecule has 0 aliphatic rings. The summed E-state index contributed by atoms with van der Waals surface area (Å²) in [6.07, 6.45) is -7.15. The number of rotatable bonds is 17. The maximum Gasteiger partial charge on any atom is 0.415 e. The summed E-state index contributed by atoms with van der Waals surface area (Å²) in [5.74, 6) is -0.668. The number of aliphatic carboxylic acids is 1.